The van der Waals surface area contributed by atoms with Gasteiger partial charge in [0.2, 0.25) is 23.0 Å². The SMILES string of the molecule is COc1cc([C@@H](CC(=O)N[C@@H]2CCc3ccccc3NC2=O)c2oc(C)cc(=O)c2O)ccc1O. The van der Waals surface area contributed by atoms with Crippen molar-refractivity contribution in [3.8, 4) is 17.2 Å². The molecule has 9 nitrogen and oxygen atoms in total. The summed E-state index contributed by atoms with van der Waals surface area (Å²) in [5.41, 5.74) is 1.53. The van der Waals surface area contributed by atoms with E-state index in [1.165, 1.54) is 19.2 Å². The number of phenolic OH excluding ortho intramolecular Hbond substituents is 1. The number of para-hydroxylation sites is 1. The third-order valence-corrected chi connectivity index (χ3v) is 6.01. The summed E-state index contributed by atoms with van der Waals surface area (Å²) >= 11 is 0. The molecule has 2 atom stereocenters. The van der Waals surface area contributed by atoms with E-state index in [1.54, 1.807) is 13.0 Å². The second kappa shape index (κ2) is 9.92. The third kappa shape index (κ3) is 5.13. The molecule has 0 bridgehead atoms. The van der Waals surface area contributed by atoms with Gasteiger partial charge in [-0.15, -0.1) is 0 Å². The van der Waals surface area contributed by atoms with Crippen LogP contribution in [-0.4, -0.2) is 35.2 Å². The van der Waals surface area contributed by atoms with Crippen LogP contribution >= 0.6 is 0 Å². The van der Waals surface area contributed by atoms with Crippen LogP contribution in [0.3, 0.4) is 0 Å². The van der Waals surface area contributed by atoms with Gasteiger partial charge in [-0.2, -0.15) is 0 Å². The maximum Gasteiger partial charge on any atom is 0.246 e. The van der Waals surface area contributed by atoms with Crippen molar-refractivity contribution < 1.29 is 29.0 Å². The summed E-state index contributed by atoms with van der Waals surface area (Å²) in [5.74, 6) is -2.07. The zero-order valence-corrected chi connectivity index (χ0v) is 19.3. The van der Waals surface area contributed by atoms with Crippen LogP contribution in [0.25, 0.3) is 0 Å². The summed E-state index contributed by atoms with van der Waals surface area (Å²) in [6.07, 6.45) is 0.785. The number of hydrogen-bond donors (Lipinski definition) is 4. The Bertz CT molecular complexity index is 1330. The predicted molar refractivity (Wildman–Crippen MR) is 128 cm³/mol. The van der Waals surface area contributed by atoms with Crippen LogP contribution in [0.4, 0.5) is 5.69 Å². The van der Waals surface area contributed by atoms with E-state index in [0.29, 0.717) is 18.4 Å². The summed E-state index contributed by atoms with van der Waals surface area (Å²) < 4.78 is 10.8. The van der Waals surface area contributed by atoms with Crippen LogP contribution in [0, 0.1) is 6.92 Å². The van der Waals surface area contributed by atoms with Crippen molar-refractivity contribution >= 4 is 17.5 Å². The number of hydrogen-bond acceptors (Lipinski definition) is 7. The Morgan fingerprint density at radius 3 is 2.74 bits per heavy atom. The lowest BCUT2D eigenvalue weighted by Crippen LogP contribution is -2.43. The van der Waals surface area contributed by atoms with E-state index in [4.69, 9.17) is 9.15 Å². The Morgan fingerprint density at radius 2 is 1.97 bits per heavy atom. The molecule has 9 heteroatoms. The normalized spacial score (nSPS) is 15.9. The van der Waals surface area contributed by atoms with Crippen LogP contribution in [0.5, 0.6) is 17.2 Å². The summed E-state index contributed by atoms with van der Waals surface area (Å²) in [5, 5.41) is 26.1. The van der Waals surface area contributed by atoms with Gasteiger partial charge in [-0.05, 0) is 49.1 Å². The second-order valence-electron chi connectivity index (χ2n) is 8.43. The highest BCUT2D eigenvalue weighted by molar-refractivity contribution is 5.98. The van der Waals surface area contributed by atoms with Crippen LogP contribution in [0.2, 0.25) is 0 Å². The molecular formula is C26H26N2O7. The van der Waals surface area contributed by atoms with E-state index < -0.39 is 29.0 Å². The molecule has 4 rings (SSSR count). The van der Waals surface area contributed by atoms with Crippen LogP contribution in [-0.2, 0) is 16.0 Å². The highest BCUT2D eigenvalue weighted by Gasteiger charge is 2.30. The van der Waals surface area contributed by atoms with Crippen LogP contribution in [0.15, 0.2) is 57.7 Å². The number of ether oxygens (including phenoxy) is 1. The first kappa shape index (κ1) is 23.9. The van der Waals surface area contributed by atoms with E-state index in [0.717, 1.165) is 17.3 Å². The molecule has 0 radical (unpaired) electrons. The van der Waals surface area contributed by atoms with Crippen molar-refractivity contribution in [2.24, 2.45) is 0 Å². The number of benzene rings is 2. The number of aromatic hydroxyl groups is 2. The molecule has 4 N–H and O–H groups in total. The molecular weight excluding hydrogens is 452 g/mol. The molecule has 0 aliphatic carbocycles. The van der Waals surface area contributed by atoms with E-state index >= 15 is 0 Å². The van der Waals surface area contributed by atoms with Gasteiger partial charge < -0.3 is 30.0 Å². The first-order valence-corrected chi connectivity index (χ1v) is 11.2. The number of methoxy groups -OCH3 is 1. The molecule has 2 amide bonds. The lowest BCUT2D eigenvalue weighted by Gasteiger charge is -2.21. The largest absolute Gasteiger partial charge is 0.504 e. The average molecular weight is 479 g/mol. The molecule has 0 fully saturated rings. The number of rotatable bonds is 6. The smallest absolute Gasteiger partial charge is 0.246 e. The average Bonchev–Trinajstić information content (AvgIpc) is 2.99. The summed E-state index contributed by atoms with van der Waals surface area (Å²) in [4.78, 5) is 38.1. The summed E-state index contributed by atoms with van der Waals surface area (Å²) in [7, 11) is 1.38. The topological polar surface area (TPSA) is 138 Å². The molecule has 0 spiro atoms. The number of aryl methyl sites for hydroxylation is 2. The fourth-order valence-corrected chi connectivity index (χ4v) is 4.22. The molecule has 0 saturated heterocycles. The molecule has 35 heavy (non-hydrogen) atoms. The number of fused-ring (bicyclic) bond motifs is 1. The van der Waals surface area contributed by atoms with Gasteiger partial charge in [-0.1, -0.05) is 24.3 Å². The van der Waals surface area contributed by atoms with Gasteiger partial charge in [0.1, 0.15) is 11.8 Å². The highest BCUT2D eigenvalue weighted by atomic mass is 16.5. The molecule has 1 aromatic heterocycles. The fraction of sp³-hybridized carbons (Fsp3) is 0.269. The molecule has 182 valence electrons. The molecule has 2 aromatic carbocycles. The van der Waals surface area contributed by atoms with Crippen LogP contribution in [0.1, 0.15) is 41.4 Å². The van der Waals surface area contributed by atoms with Crippen molar-refractivity contribution in [2.75, 3.05) is 12.4 Å². The number of carbonyl (C=O) groups is 2. The standard InChI is InChI=1S/C26H26N2O7/c1-14-11-21(30)24(32)25(35-14)17(16-8-10-20(29)22(12-16)34-2)13-23(31)27-19-9-7-15-5-3-4-6-18(15)28-26(19)33/h3-6,8,10-12,17,19,29,32H,7,9,13H2,1-2H3,(H,27,31)(H,28,33)/t17-,19-/m1/s1. The first-order valence-electron chi connectivity index (χ1n) is 11.2. The molecule has 1 aliphatic heterocycles. The summed E-state index contributed by atoms with van der Waals surface area (Å²) in [6.45, 7) is 1.56. The van der Waals surface area contributed by atoms with Crippen molar-refractivity contribution in [3.05, 3.63) is 81.4 Å². The lowest BCUT2D eigenvalue weighted by molar-refractivity contribution is -0.126. The molecule has 0 saturated carbocycles. The number of nitrogens with one attached hydrogen (secondary N) is 2. The molecule has 2 heterocycles. The first-order chi connectivity index (χ1) is 16.8. The predicted octanol–water partition coefficient (Wildman–Crippen LogP) is 2.96. The Kier molecular flexibility index (Phi) is 6.77. The van der Waals surface area contributed by atoms with Crippen molar-refractivity contribution in [1.82, 2.24) is 5.32 Å². The Morgan fingerprint density at radius 1 is 1.20 bits per heavy atom. The maximum atomic E-state index is 13.1. The Hall–Kier alpha value is -4.27. The summed E-state index contributed by atoms with van der Waals surface area (Å²) in [6, 6.07) is 12.3. The van der Waals surface area contributed by atoms with E-state index in [9.17, 15) is 24.6 Å². The van der Waals surface area contributed by atoms with Crippen molar-refractivity contribution in [1.29, 1.82) is 0 Å². The van der Waals surface area contributed by atoms with Gasteiger partial charge in [0.15, 0.2) is 17.3 Å². The van der Waals surface area contributed by atoms with E-state index in [2.05, 4.69) is 10.6 Å². The Labute approximate surface area is 201 Å². The van der Waals surface area contributed by atoms with E-state index in [1.807, 2.05) is 24.3 Å². The number of amides is 2. The zero-order chi connectivity index (χ0) is 25.1. The minimum atomic E-state index is -0.886. The van der Waals surface area contributed by atoms with Gasteiger partial charge in [0.05, 0.1) is 13.0 Å². The van der Waals surface area contributed by atoms with Gasteiger partial charge in [0.25, 0.3) is 0 Å². The Balaban J connectivity index is 1.62. The zero-order valence-electron chi connectivity index (χ0n) is 19.3. The van der Waals surface area contributed by atoms with Gasteiger partial charge >= 0.3 is 0 Å². The number of carbonyl (C=O) groups excluding carboxylic acids is 2. The van der Waals surface area contributed by atoms with Crippen molar-refractivity contribution in [2.45, 2.75) is 38.1 Å². The maximum absolute atomic E-state index is 13.1. The van der Waals surface area contributed by atoms with Crippen molar-refractivity contribution in [3.63, 3.8) is 0 Å². The second-order valence-corrected chi connectivity index (χ2v) is 8.43. The van der Waals surface area contributed by atoms with E-state index in [-0.39, 0.29) is 35.3 Å². The minimum absolute atomic E-state index is 0.0874. The fourth-order valence-electron chi connectivity index (χ4n) is 4.22. The van der Waals surface area contributed by atoms with Gasteiger partial charge in [-0.25, -0.2) is 0 Å². The van der Waals surface area contributed by atoms with Crippen LogP contribution < -0.4 is 20.8 Å². The highest BCUT2D eigenvalue weighted by Crippen LogP contribution is 2.37. The lowest BCUT2D eigenvalue weighted by atomic mass is 9.91. The van der Waals surface area contributed by atoms with Gasteiger partial charge in [0, 0.05) is 18.2 Å². The number of phenols is 1. The molecule has 3 aromatic rings. The third-order valence-electron chi connectivity index (χ3n) is 6.01. The molecule has 0 unspecified atom stereocenters. The number of anilines is 1. The minimum Gasteiger partial charge on any atom is -0.504 e. The van der Waals surface area contributed by atoms with Gasteiger partial charge in [-0.3, -0.25) is 14.4 Å². The monoisotopic (exact) mass is 478 g/mol. The quantitative estimate of drug-likeness (QED) is 0.427. The molecule has 1 aliphatic rings.